The summed E-state index contributed by atoms with van der Waals surface area (Å²) in [6.45, 7) is 0. The lowest BCUT2D eigenvalue weighted by molar-refractivity contribution is 0.0995. The molecule has 0 saturated heterocycles. The SMILES string of the molecule is NC(=O)c1cc2c(c(C(N)=O)c1)OC(c1ccccc1)C2. The average Bonchev–Trinajstić information content (AvgIpc) is 2.90. The lowest BCUT2D eigenvalue weighted by Crippen LogP contribution is -2.16. The molecule has 2 aromatic rings. The van der Waals surface area contributed by atoms with Crippen LogP contribution in [-0.2, 0) is 6.42 Å². The largest absolute Gasteiger partial charge is 0.484 e. The third-order valence-corrected chi connectivity index (χ3v) is 3.55. The number of nitrogens with two attached hydrogens (primary N) is 2. The van der Waals surface area contributed by atoms with Crippen molar-refractivity contribution < 1.29 is 14.3 Å². The van der Waals surface area contributed by atoms with Crippen LogP contribution >= 0.6 is 0 Å². The second-order valence-electron chi connectivity index (χ2n) is 4.96. The Bertz CT molecular complexity index is 726. The summed E-state index contributed by atoms with van der Waals surface area (Å²) in [5, 5.41) is 0. The van der Waals surface area contributed by atoms with E-state index in [1.165, 1.54) is 6.07 Å². The molecule has 0 bridgehead atoms. The second-order valence-corrected chi connectivity index (χ2v) is 4.96. The van der Waals surface area contributed by atoms with Crippen molar-refractivity contribution in [2.75, 3.05) is 0 Å². The Balaban J connectivity index is 2.04. The lowest BCUT2D eigenvalue weighted by atomic mass is 9.99. The van der Waals surface area contributed by atoms with Crippen LogP contribution in [0.4, 0.5) is 0 Å². The van der Waals surface area contributed by atoms with Gasteiger partial charge in [0.1, 0.15) is 11.9 Å². The third-order valence-electron chi connectivity index (χ3n) is 3.55. The van der Waals surface area contributed by atoms with Crippen LogP contribution < -0.4 is 16.2 Å². The van der Waals surface area contributed by atoms with Crippen LogP contribution in [0.5, 0.6) is 5.75 Å². The minimum Gasteiger partial charge on any atom is -0.484 e. The number of amides is 2. The Morgan fingerprint density at radius 3 is 2.38 bits per heavy atom. The van der Waals surface area contributed by atoms with Gasteiger partial charge >= 0.3 is 0 Å². The average molecular weight is 282 g/mol. The number of carbonyl (C=O) groups is 2. The van der Waals surface area contributed by atoms with E-state index in [4.69, 9.17) is 16.2 Å². The molecule has 5 nitrogen and oxygen atoms in total. The predicted molar refractivity (Wildman–Crippen MR) is 77.0 cm³/mol. The first-order chi connectivity index (χ1) is 10.1. The van der Waals surface area contributed by atoms with Crippen molar-refractivity contribution in [2.24, 2.45) is 11.5 Å². The quantitative estimate of drug-likeness (QED) is 0.894. The summed E-state index contributed by atoms with van der Waals surface area (Å²) in [6, 6.07) is 12.7. The van der Waals surface area contributed by atoms with Crippen molar-refractivity contribution in [2.45, 2.75) is 12.5 Å². The fourth-order valence-electron chi connectivity index (χ4n) is 2.54. The van der Waals surface area contributed by atoms with E-state index in [9.17, 15) is 9.59 Å². The van der Waals surface area contributed by atoms with Gasteiger partial charge in [0.15, 0.2) is 0 Å². The van der Waals surface area contributed by atoms with Gasteiger partial charge in [-0.15, -0.1) is 0 Å². The molecule has 106 valence electrons. The highest BCUT2D eigenvalue weighted by Gasteiger charge is 2.29. The van der Waals surface area contributed by atoms with Crippen LogP contribution in [-0.4, -0.2) is 11.8 Å². The molecule has 3 rings (SSSR count). The van der Waals surface area contributed by atoms with Crippen LogP contribution in [0.15, 0.2) is 42.5 Å². The molecule has 1 heterocycles. The molecule has 5 heteroatoms. The predicted octanol–water partition coefficient (Wildman–Crippen LogP) is 1.56. The highest BCUT2D eigenvalue weighted by molar-refractivity contribution is 6.01. The summed E-state index contributed by atoms with van der Waals surface area (Å²) >= 11 is 0. The Hall–Kier alpha value is -2.82. The Labute approximate surface area is 121 Å². The van der Waals surface area contributed by atoms with E-state index in [2.05, 4.69) is 0 Å². The van der Waals surface area contributed by atoms with Gasteiger partial charge in [-0.05, 0) is 23.3 Å². The highest BCUT2D eigenvalue weighted by atomic mass is 16.5. The van der Waals surface area contributed by atoms with Gasteiger partial charge in [0, 0.05) is 12.0 Å². The van der Waals surface area contributed by atoms with E-state index < -0.39 is 11.8 Å². The number of ether oxygens (including phenoxy) is 1. The zero-order valence-corrected chi connectivity index (χ0v) is 11.2. The first-order valence-electron chi connectivity index (χ1n) is 6.54. The highest BCUT2D eigenvalue weighted by Crippen LogP contribution is 2.39. The van der Waals surface area contributed by atoms with E-state index in [1.807, 2.05) is 30.3 Å². The normalized spacial score (nSPS) is 16.1. The van der Waals surface area contributed by atoms with Crippen molar-refractivity contribution in [3.8, 4) is 5.75 Å². The molecule has 21 heavy (non-hydrogen) atoms. The summed E-state index contributed by atoms with van der Waals surface area (Å²) in [5.74, 6) is -0.784. The van der Waals surface area contributed by atoms with Gasteiger partial charge in [0.05, 0.1) is 5.56 Å². The summed E-state index contributed by atoms with van der Waals surface area (Å²) < 4.78 is 5.87. The van der Waals surface area contributed by atoms with E-state index in [0.29, 0.717) is 12.2 Å². The van der Waals surface area contributed by atoms with Crippen LogP contribution in [0.2, 0.25) is 0 Å². The van der Waals surface area contributed by atoms with Gasteiger partial charge < -0.3 is 16.2 Å². The van der Waals surface area contributed by atoms with Crippen molar-refractivity contribution >= 4 is 11.8 Å². The van der Waals surface area contributed by atoms with Gasteiger partial charge in [-0.2, -0.15) is 0 Å². The maximum atomic E-state index is 11.6. The number of carbonyl (C=O) groups excluding carboxylic acids is 2. The summed E-state index contributed by atoms with van der Waals surface area (Å²) in [5.41, 5.74) is 12.9. The van der Waals surface area contributed by atoms with Gasteiger partial charge in [-0.25, -0.2) is 0 Å². The van der Waals surface area contributed by atoms with Crippen molar-refractivity contribution in [1.29, 1.82) is 0 Å². The summed E-state index contributed by atoms with van der Waals surface area (Å²) in [4.78, 5) is 22.9. The molecule has 2 aromatic carbocycles. The Morgan fingerprint density at radius 2 is 1.76 bits per heavy atom. The third kappa shape index (κ3) is 2.33. The fourth-order valence-corrected chi connectivity index (χ4v) is 2.54. The van der Waals surface area contributed by atoms with Gasteiger partial charge in [-0.3, -0.25) is 9.59 Å². The molecule has 0 fully saturated rings. The molecule has 1 atom stereocenters. The summed E-state index contributed by atoms with van der Waals surface area (Å²) in [7, 11) is 0. The fraction of sp³-hybridized carbons (Fsp3) is 0.125. The standard InChI is InChI=1S/C16H14N2O3/c17-15(19)11-6-10-8-13(9-4-2-1-3-5-9)21-14(10)12(7-11)16(18)20/h1-7,13H,8H2,(H2,17,19)(H2,18,20). The molecule has 1 aliphatic rings. The van der Waals surface area contributed by atoms with Crippen LogP contribution in [0.3, 0.4) is 0 Å². The number of hydrogen-bond acceptors (Lipinski definition) is 3. The number of benzene rings is 2. The first kappa shape index (κ1) is 13.2. The molecule has 0 aliphatic carbocycles. The molecule has 0 aromatic heterocycles. The number of rotatable bonds is 3. The molecule has 1 unspecified atom stereocenters. The number of hydrogen-bond donors (Lipinski definition) is 2. The molecule has 4 N–H and O–H groups in total. The monoisotopic (exact) mass is 282 g/mol. The Morgan fingerprint density at radius 1 is 1.05 bits per heavy atom. The molecular weight excluding hydrogens is 268 g/mol. The Kier molecular flexibility index (Phi) is 3.10. The molecule has 0 radical (unpaired) electrons. The van der Waals surface area contributed by atoms with E-state index >= 15 is 0 Å². The second kappa shape index (κ2) is 4.94. The minimum absolute atomic E-state index is 0.192. The van der Waals surface area contributed by atoms with Gasteiger partial charge in [0.25, 0.3) is 5.91 Å². The van der Waals surface area contributed by atoms with Crippen molar-refractivity contribution in [3.63, 3.8) is 0 Å². The van der Waals surface area contributed by atoms with Gasteiger partial charge in [-0.1, -0.05) is 30.3 Å². The molecular formula is C16H14N2O3. The zero-order valence-electron chi connectivity index (χ0n) is 11.2. The maximum absolute atomic E-state index is 11.6. The van der Waals surface area contributed by atoms with Crippen molar-refractivity contribution in [3.05, 3.63) is 64.7 Å². The zero-order chi connectivity index (χ0) is 15.0. The first-order valence-corrected chi connectivity index (χ1v) is 6.54. The number of primary amides is 2. The minimum atomic E-state index is -0.636. The van der Waals surface area contributed by atoms with E-state index in [1.54, 1.807) is 6.07 Å². The van der Waals surface area contributed by atoms with Crippen LogP contribution in [0.25, 0.3) is 0 Å². The topological polar surface area (TPSA) is 95.4 Å². The lowest BCUT2D eigenvalue weighted by Gasteiger charge is -2.11. The molecule has 1 aliphatic heterocycles. The molecule has 2 amide bonds. The summed E-state index contributed by atoms with van der Waals surface area (Å²) in [6.07, 6.45) is 0.378. The van der Waals surface area contributed by atoms with Crippen LogP contribution in [0.1, 0.15) is 37.9 Å². The van der Waals surface area contributed by atoms with Crippen molar-refractivity contribution in [1.82, 2.24) is 0 Å². The van der Waals surface area contributed by atoms with Gasteiger partial charge in [0.2, 0.25) is 5.91 Å². The van der Waals surface area contributed by atoms with E-state index in [0.717, 1.165) is 11.1 Å². The van der Waals surface area contributed by atoms with Crippen LogP contribution in [0, 0.1) is 0 Å². The maximum Gasteiger partial charge on any atom is 0.252 e. The van der Waals surface area contributed by atoms with E-state index in [-0.39, 0.29) is 17.2 Å². The smallest absolute Gasteiger partial charge is 0.252 e. The molecule has 0 spiro atoms. The number of fused-ring (bicyclic) bond motifs is 1. The molecule has 0 saturated carbocycles.